The Morgan fingerprint density at radius 2 is 2.00 bits per heavy atom. The van der Waals surface area contributed by atoms with Gasteiger partial charge in [-0.2, -0.15) is 0 Å². The second-order valence-electron chi connectivity index (χ2n) is 3.13. The minimum Gasteiger partial charge on any atom is -0.480 e. The number of nitrogens with zero attached hydrogens (tertiary/aromatic N) is 1. The second-order valence-corrected chi connectivity index (χ2v) is 3.13. The van der Waals surface area contributed by atoms with Crippen LogP contribution in [-0.4, -0.2) is 36.1 Å². The lowest BCUT2D eigenvalue weighted by Crippen LogP contribution is -2.40. The molecule has 0 unspecified atom stereocenters. The fourth-order valence-corrected chi connectivity index (χ4v) is 1.20. The fourth-order valence-electron chi connectivity index (χ4n) is 1.20. The van der Waals surface area contributed by atoms with Gasteiger partial charge in [0.25, 0.3) is 0 Å². The third kappa shape index (κ3) is 2.89. The van der Waals surface area contributed by atoms with Crippen molar-refractivity contribution in [3.8, 4) is 0 Å². The molecule has 0 aromatic carbocycles. The second kappa shape index (κ2) is 4.34. The normalized spacial score (nSPS) is 16.5. The maximum absolute atomic E-state index is 10.7. The van der Waals surface area contributed by atoms with E-state index < -0.39 is 5.97 Å². The molecule has 11 heavy (non-hydrogen) atoms. The first-order valence-corrected chi connectivity index (χ1v) is 3.90. The Morgan fingerprint density at radius 3 is 2.09 bits per heavy atom. The molecule has 0 aliphatic carbocycles. The third-order valence-electron chi connectivity index (χ3n) is 1.99. The molecule has 0 bridgehead atoms. The molecule has 66 valence electrons. The summed E-state index contributed by atoms with van der Waals surface area (Å²) in [5.41, 5.74) is 0. The van der Waals surface area contributed by atoms with Crippen molar-refractivity contribution >= 4 is 5.97 Å². The van der Waals surface area contributed by atoms with Crippen molar-refractivity contribution < 1.29 is 9.90 Å². The van der Waals surface area contributed by atoms with E-state index in [4.69, 9.17) is 5.11 Å². The first kappa shape index (κ1) is 10.4. The van der Waals surface area contributed by atoms with Crippen LogP contribution in [0.2, 0.25) is 0 Å². The Bertz CT molecular complexity index is 134. The van der Waals surface area contributed by atoms with Crippen LogP contribution in [0.1, 0.15) is 20.3 Å². The molecular weight excluding hydrogens is 142 g/mol. The largest absolute Gasteiger partial charge is 0.480 e. The first-order valence-electron chi connectivity index (χ1n) is 3.90. The molecule has 0 saturated carbocycles. The lowest BCUT2D eigenvalue weighted by molar-refractivity contribution is -0.144. The molecule has 0 amide bonds. The first-order chi connectivity index (χ1) is 5.00. The number of aliphatic carboxylic acids is 1. The van der Waals surface area contributed by atoms with Crippen molar-refractivity contribution in [2.45, 2.75) is 26.3 Å². The van der Waals surface area contributed by atoms with Gasteiger partial charge in [-0.25, -0.2) is 0 Å². The number of carboxylic acid groups (broad SMARTS) is 1. The van der Waals surface area contributed by atoms with E-state index in [0.717, 1.165) is 6.42 Å². The van der Waals surface area contributed by atoms with E-state index in [1.165, 1.54) is 0 Å². The number of hydrogen-bond acceptors (Lipinski definition) is 2. The summed E-state index contributed by atoms with van der Waals surface area (Å²) in [5.74, 6) is -0.521. The Labute approximate surface area is 68.0 Å². The van der Waals surface area contributed by atoms with Crippen molar-refractivity contribution in [3.05, 3.63) is 0 Å². The topological polar surface area (TPSA) is 40.5 Å². The van der Waals surface area contributed by atoms with E-state index in [0.29, 0.717) is 0 Å². The van der Waals surface area contributed by atoms with Gasteiger partial charge in [0.15, 0.2) is 0 Å². The molecule has 0 aromatic rings. The minimum atomic E-state index is -0.732. The Balaban J connectivity index is 4.21. The van der Waals surface area contributed by atoms with E-state index in [1.54, 1.807) is 19.0 Å². The SMILES string of the molecule is CC[C@H](C)[C@H](C(=O)O)N(C)C. The lowest BCUT2D eigenvalue weighted by atomic mass is 9.99. The van der Waals surface area contributed by atoms with Gasteiger partial charge >= 0.3 is 5.97 Å². The maximum atomic E-state index is 10.7. The van der Waals surface area contributed by atoms with Crippen molar-refractivity contribution in [2.75, 3.05) is 14.1 Å². The van der Waals surface area contributed by atoms with Crippen LogP contribution in [0.5, 0.6) is 0 Å². The highest BCUT2D eigenvalue weighted by atomic mass is 16.4. The monoisotopic (exact) mass is 159 g/mol. The van der Waals surface area contributed by atoms with Crippen molar-refractivity contribution in [1.82, 2.24) is 4.90 Å². The van der Waals surface area contributed by atoms with Gasteiger partial charge in [0.1, 0.15) is 6.04 Å². The highest BCUT2D eigenvalue weighted by Crippen LogP contribution is 2.11. The van der Waals surface area contributed by atoms with Crippen LogP contribution in [-0.2, 0) is 4.79 Å². The van der Waals surface area contributed by atoms with Gasteiger partial charge in [-0.3, -0.25) is 9.69 Å². The van der Waals surface area contributed by atoms with Gasteiger partial charge in [-0.05, 0) is 20.0 Å². The zero-order valence-electron chi connectivity index (χ0n) is 7.66. The predicted molar refractivity (Wildman–Crippen MR) is 44.6 cm³/mol. The minimum absolute atomic E-state index is 0.211. The van der Waals surface area contributed by atoms with Crippen LogP contribution in [0.4, 0.5) is 0 Å². The summed E-state index contributed by atoms with van der Waals surface area (Å²) in [5, 5.41) is 8.80. The molecule has 3 heteroatoms. The van der Waals surface area contributed by atoms with Gasteiger partial charge in [-0.1, -0.05) is 20.3 Å². The van der Waals surface area contributed by atoms with Crippen LogP contribution in [0, 0.1) is 5.92 Å². The average Bonchev–Trinajstić information content (AvgIpc) is 1.85. The summed E-state index contributed by atoms with van der Waals surface area (Å²) in [6.45, 7) is 3.96. The molecule has 0 radical (unpaired) electrons. The molecule has 2 atom stereocenters. The van der Waals surface area contributed by atoms with Crippen molar-refractivity contribution in [2.24, 2.45) is 5.92 Å². The quantitative estimate of drug-likeness (QED) is 0.666. The molecule has 0 heterocycles. The van der Waals surface area contributed by atoms with Gasteiger partial charge in [0, 0.05) is 0 Å². The van der Waals surface area contributed by atoms with E-state index in [-0.39, 0.29) is 12.0 Å². The van der Waals surface area contributed by atoms with Gasteiger partial charge in [0.2, 0.25) is 0 Å². The zero-order valence-corrected chi connectivity index (χ0v) is 7.66. The van der Waals surface area contributed by atoms with Gasteiger partial charge < -0.3 is 5.11 Å². The molecule has 0 rings (SSSR count). The predicted octanol–water partition coefficient (Wildman–Crippen LogP) is 1.05. The van der Waals surface area contributed by atoms with E-state index in [1.807, 2.05) is 13.8 Å². The van der Waals surface area contributed by atoms with Crippen molar-refractivity contribution in [3.63, 3.8) is 0 Å². The number of carbonyl (C=O) groups is 1. The highest BCUT2D eigenvalue weighted by molar-refractivity contribution is 5.73. The maximum Gasteiger partial charge on any atom is 0.321 e. The number of likely N-dealkylation sites (N-methyl/N-ethyl adjacent to an activating group) is 1. The summed E-state index contributed by atoms with van der Waals surface area (Å²) in [6.07, 6.45) is 0.898. The Hall–Kier alpha value is -0.570. The molecule has 0 aliphatic heterocycles. The molecule has 0 saturated heterocycles. The summed E-state index contributed by atoms with van der Waals surface area (Å²) < 4.78 is 0. The third-order valence-corrected chi connectivity index (χ3v) is 1.99. The number of rotatable bonds is 4. The molecular formula is C8H17NO2. The standard InChI is InChI=1S/C8H17NO2/c1-5-6(2)7(8(10)11)9(3)4/h6-7H,5H2,1-4H3,(H,10,11)/t6-,7+/m0/s1. The fraction of sp³-hybridized carbons (Fsp3) is 0.875. The smallest absolute Gasteiger partial charge is 0.321 e. The van der Waals surface area contributed by atoms with Crippen LogP contribution in [0.15, 0.2) is 0 Å². The van der Waals surface area contributed by atoms with Crippen LogP contribution in [0.3, 0.4) is 0 Å². The molecule has 0 aliphatic rings. The van der Waals surface area contributed by atoms with Crippen molar-refractivity contribution in [1.29, 1.82) is 0 Å². The Kier molecular flexibility index (Phi) is 4.11. The summed E-state index contributed by atoms with van der Waals surface area (Å²) in [4.78, 5) is 12.4. The number of hydrogen-bond donors (Lipinski definition) is 1. The summed E-state index contributed by atoms with van der Waals surface area (Å²) in [6, 6.07) is -0.347. The number of carboxylic acids is 1. The average molecular weight is 159 g/mol. The molecule has 0 aromatic heterocycles. The lowest BCUT2D eigenvalue weighted by Gasteiger charge is -2.25. The summed E-state index contributed by atoms with van der Waals surface area (Å²) >= 11 is 0. The van der Waals surface area contributed by atoms with Gasteiger partial charge in [-0.15, -0.1) is 0 Å². The van der Waals surface area contributed by atoms with Crippen LogP contribution in [0.25, 0.3) is 0 Å². The van der Waals surface area contributed by atoms with E-state index in [2.05, 4.69) is 0 Å². The highest BCUT2D eigenvalue weighted by Gasteiger charge is 2.24. The van der Waals surface area contributed by atoms with E-state index >= 15 is 0 Å². The summed E-state index contributed by atoms with van der Waals surface area (Å²) in [7, 11) is 3.59. The molecule has 1 N–H and O–H groups in total. The van der Waals surface area contributed by atoms with Gasteiger partial charge in [0.05, 0.1) is 0 Å². The molecule has 0 spiro atoms. The molecule has 3 nitrogen and oxygen atoms in total. The molecule has 0 fully saturated rings. The van der Waals surface area contributed by atoms with E-state index in [9.17, 15) is 4.79 Å². The Morgan fingerprint density at radius 1 is 1.55 bits per heavy atom. The zero-order chi connectivity index (χ0) is 9.02. The van der Waals surface area contributed by atoms with Crippen LogP contribution < -0.4 is 0 Å². The van der Waals surface area contributed by atoms with Crippen LogP contribution >= 0.6 is 0 Å².